The highest BCUT2D eigenvalue weighted by atomic mass is 19.1. The molecule has 0 saturated heterocycles. The molecule has 1 fully saturated rings. The van der Waals surface area contributed by atoms with Crippen LogP contribution in [0.3, 0.4) is 0 Å². The molecule has 0 N–H and O–H groups in total. The van der Waals surface area contributed by atoms with Gasteiger partial charge in [0.15, 0.2) is 17.2 Å². The molecule has 0 amide bonds. The Morgan fingerprint density at radius 1 is 1.03 bits per heavy atom. The van der Waals surface area contributed by atoms with Gasteiger partial charge in [0.05, 0.1) is 20.1 Å². The first kappa shape index (κ1) is 29.1. The zero-order chi connectivity index (χ0) is 27.8. The molecule has 0 spiro atoms. The number of nitrogens with zero attached hydrogens (tertiary/aromatic N) is 1. The number of benzene rings is 1. The van der Waals surface area contributed by atoms with Gasteiger partial charge >= 0.3 is 11.9 Å². The summed E-state index contributed by atoms with van der Waals surface area (Å²) in [6.07, 6.45) is 5.90. The van der Waals surface area contributed by atoms with Crippen LogP contribution in [-0.2, 0) is 14.3 Å². The molecule has 3 atom stereocenters. The van der Waals surface area contributed by atoms with Gasteiger partial charge in [-0.25, -0.2) is 9.37 Å². The van der Waals surface area contributed by atoms with Gasteiger partial charge in [0.25, 0.3) is 0 Å². The standard InChI is InChI=1S/C29H36FNO7/c1-17(15-23(33)27-28(38-19(3)32)24(35-4)13-14-31-27)29(34)37-18(2)26(20-9-7-6-8-10-20)22-12-11-21(30)16-25(22)36-5/h11-14,16-18,20,26H,6-10,15H2,1-5H3/t17-,18+,26+/m1/s1. The number of hydrogen-bond donors (Lipinski definition) is 0. The average molecular weight is 530 g/mol. The first-order valence-corrected chi connectivity index (χ1v) is 12.9. The third kappa shape index (κ3) is 7.08. The van der Waals surface area contributed by atoms with Crippen molar-refractivity contribution in [2.75, 3.05) is 14.2 Å². The van der Waals surface area contributed by atoms with Crippen LogP contribution in [0.15, 0.2) is 30.5 Å². The Morgan fingerprint density at radius 2 is 1.71 bits per heavy atom. The van der Waals surface area contributed by atoms with Gasteiger partial charge in [-0.1, -0.05) is 32.3 Å². The number of carbonyl (C=O) groups is 3. The highest BCUT2D eigenvalue weighted by Crippen LogP contribution is 2.43. The number of ketones is 1. The van der Waals surface area contributed by atoms with E-state index in [0.717, 1.165) is 37.7 Å². The van der Waals surface area contributed by atoms with E-state index >= 15 is 0 Å². The molecule has 1 aromatic heterocycles. The molecule has 1 aliphatic rings. The van der Waals surface area contributed by atoms with E-state index in [9.17, 15) is 18.8 Å². The summed E-state index contributed by atoms with van der Waals surface area (Å²) in [7, 11) is 2.88. The van der Waals surface area contributed by atoms with Gasteiger partial charge < -0.3 is 18.9 Å². The lowest BCUT2D eigenvalue weighted by molar-refractivity contribution is -0.154. The average Bonchev–Trinajstić information content (AvgIpc) is 2.89. The second kappa shape index (κ2) is 13.3. The van der Waals surface area contributed by atoms with Crippen LogP contribution >= 0.6 is 0 Å². The lowest BCUT2D eigenvalue weighted by atomic mass is 9.74. The fourth-order valence-electron chi connectivity index (χ4n) is 5.21. The van der Waals surface area contributed by atoms with Gasteiger partial charge in [0.2, 0.25) is 5.75 Å². The topological polar surface area (TPSA) is 101 Å². The third-order valence-corrected chi connectivity index (χ3v) is 7.01. The van der Waals surface area contributed by atoms with Gasteiger partial charge in [-0.2, -0.15) is 0 Å². The normalized spacial score (nSPS) is 16.2. The number of ether oxygens (including phenoxy) is 4. The molecule has 1 aliphatic carbocycles. The Kier molecular flexibility index (Phi) is 10.2. The summed E-state index contributed by atoms with van der Waals surface area (Å²) in [6, 6.07) is 5.92. The second-order valence-corrected chi connectivity index (χ2v) is 9.77. The number of carbonyl (C=O) groups excluding carboxylic acids is 3. The maximum Gasteiger partial charge on any atom is 0.309 e. The van der Waals surface area contributed by atoms with Crippen LogP contribution in [0.5, 0.6) is 17.2 Å². The predicted molar refractivity (Wildman–Crippen MR) is 138 cm³/mol. The quantitative estimate of drug-likeness (QED) is 0.271. The largest absolute Gasteiger partial charge is 0.496 e. The molecular weight excluding hydrogens is 493 g/mol. The highest BCUT2D eigenvalue weighted by molar-refractivity contribution is 5.99. The zero-order valence-electron chi connectivity index (χ0n) is 22.6. The number of methoxy groups -OCH3 is 2. The molecule has 0 unspecified atom stereocenters. The molecule has 206 valence electrons. The SMILES string of the molecule is COc1cc(F)ccc1[C@H](C1CCCCC1)[C@H](C)OC(=O)[C@H](C)CC(=O)c1nccc(OC)c1OC(C)=O. The van der Waals surface area contributed by atoms with Crippen LogP contribution in [0.25, 0.3) is 0 Å². The lowest BCUT2D eigenvalue weighted by Crippen LogP contribution is -2.32. The maximum absolute atomic E-state index is 13.9. The summed E-state index contributed by atoms with van der Waals surface area (Å²) >= 11 is 0. The minimum atomic E-state index is -0.787. The summed E-state index contributed by atoms with van der Waals surface area (Å²) in [4.78, 5) is 41.8. The Hall–Kier alpha value is -3.49. The molecule has 3 rings (SSSR count). The molecule has 1 heterocycles. The van der Waals surface area contributed by atoms with E-state index in [4.69, 9.17) is 18.9 Å². The van der Waals surface area contributed by atoms with Crippen LogP contribution < -0.4 is 14.2 Å². The zero-order valence-corrected chi connectivity index (χ0v) is 22.6. The summed E-state index contributed by atoms with van der Waals surface area (Å²) < 4.78 is 35.7. The maximum atomic E-state index is 13.9. The van der Waals surface area contributed by atoms with E-state index in [1.165, 1.54) is 45.5 Å². The Bertz CT molecular complexity index is 1150. The molecule has 0 bridgehead atoms. The van der Waals surface area contributed by atoms with Gasteiger partial charge in [0.1, 0.15) is 17.7 Å². The van der Waals surface area contributed by atoms with Gasteiger partial charge in [0, 0.05) is 43.2 Å². The smallest absolute Gasteiger partial charge is 0.309 e. The summed E-state index contributed by atoms with van der Waals surface area (Å²) in [5, 5.41) is 0. The molecule has 38 heavy (non-hydrogen) atoms. The predicted octanol–water partition coefficient (Wildman–Crippen LogP) is 5.67. The van der Waals surface area contributed by atoms with Gasteiger partial charge in [-0.15, -0.1) is 0 Å². The summed E-state index contributed by atoms with van der Waals surface area (Å²) in [6.45, 7) is 4.64. The fraction of sp³-hybridized carbons (Fsp3) is 0.517. The number of rotatable bonds is 11. The second-order valence-electron chi connectivity index (χ2n) is 9.77. The number of Topliss-reactive ketones (excluding diaryl/α,β-unsaturated/α-hetero) is 1. The van der Waals surface area contributed by atoms with Crippen LogP contribution in [0.4, 0.5) is 4.39 Å². The van der Waals surface area contributed by atoms with E-state index in [-0.39, 0.29) is 35.4 Å². The van der Waals surface area contributed by atoms with E-state index in [1.807, 2.05) is 6.92 Å². The first-order valence-electron chi connectivity index (χ1n) is 12.9. The van der Waals surface area contributed by atoms with Gasteiger partial charge in [-0.3, -0.25) is 14.4 Å². The van der Waals surface area contributed by atoms with Crippen molar-refractivity contribution in [3.8, 4) is 17.2 Å². The number of aromatic nitrogens is 1. The molecule has 2 aromatic rings. The Balaban J connectivity index is 1.78. The number of esters is 2. The van der Waals surface area contributed by atoms with E-state index < -0.39 is 35.6 Å². The van der Waals surface area contributed by atoms with Crippen molar-refractivity contribution < 1.29 is 37.7 Å². The highest BCUT2D eigenvalue weighted by Gasteiger charge is 2.35. The van der Waals surface area contributed by atoms with E-state index in [0.29, 0.717) is 5.75 Å². The van der Waals surface area contributed by atoms with Crippen molar-refractivity contribution in [1.29, 1.82) is 0 Å². The van der Waals surface area contributed by atoms with Crippen molar-refractivity contribution in [2.24, 2.45) is 11.8 Å². The molecular formula is C29H36FNO7. The van der Waals surface area contributed by atoms with Crippen molar-refractivity contribution in [1.82, 2.24) is 4.98 Å². The molecule has 0 radical (unpaired) electrons. The minimum Gasteiger partial charge on any atom is -0.496 e. The third-order valence-electron chi connectivity index (χ3n) is 7.01. The van der Waals surface area contributed by atoms with Crippen molar-refractivity contribution >= 4 is 17.7 Å². The number of hydrogen-bond acceptors (Lipinski definition) is 8. The van der Waals surface area contributed by atoms with Crippen LogP contribution in [0.2, 0.25) is 0 Å². The summed E-state index contributed by atoms with van der Waals surface area (Å²) in [5.41, 5.74) is 0.708. The monoisotopic (exact) mass is 529 g/mol. The summed E-state index contributed by atoms with van der Waals surface area (Å²) in [5.74, 6) is -2.25. The molecule has 1 aromatic carbocycles. The van der Waals surface area contributed by atoms with Crippen LogP contribution in [-0.4, -0.2) is 43.0 Å². The van der Waals surface area contributed by atoms with Crippen LogP contribution in [0.1, 0.15) is 81.3 Å². The molecule has 0 aliphatic heterocycles. The van der Waals surface area contributed by atoms with E-state index in [1.54, 1.807) is 13.0 Å². The van der Waals surface area contributed by atoms with Crippen molar-refractivity contribution in [2.45, 2.75) is 71.3 Å². The Morgan fingerprint density at radius 3 is 2.34 bits per heavy atom. The van der Waals surface area contributed by atoms with E-state index in [2.05, 4.69) is 4.98 Å². The number of pyridine rings is 1. The van der Waals surface area contributed by atoms with Gasteiger partial charge in [-0.05, 0) is 31.7 Å². The van der Waals surface area contributed by atoms with Crippen molar-refractivity contribution in [3.63, 3.8) is 0 Å². The molecule has 1 saturated carbocycles. The fourth-order valence-corrected chi connectivity index (χ4v) is 5.21. The lowest BCUT2D eigenvalue weighted by Gasteiger charge is -2.35. The van der Waals surface area contributed by atoms with Crippen LogP contribution in [0, 0.1) is 17.7 Å². The first-order chi connectivity index (χ1) is 18.2. The Labute approximate surface area is 222 Å². The van der Waals surface area contributed by atoms with Crippen molar-refractivity contribution in [3.05, 3.63) is 47.5 Å². The minimum absolute atomic E-state index is 0.0813. The molecule has 9 heteroatoms. The molecule has 8 nitrogen and oxygen atoms in total. The number of halogens is 1.